The highest BCUT2D eigenvalue weighted by molar-refractivity contribution is 8.26. The first kappa shape index (κ1) is 28.0. The lowest BCUT2D eigenvalue weighted by Gasteiger charge is -2.38. The van der Waals surface area contributed by atoms with Gasteiger partial charge in [0.25, 0.3) is 0 Å². The second kappa shape index (κ2) is 10.9. The topological polar surface area (TPSA) is 31.4 Å². The Morgan fingerprint density at radius 1 is 0.489 bits per heavy atom. The molecule has 9 rings (SSSR count). The summed E-state index contributed by atoms with van der Waals surface area (Å²) in [6.07, 6.45) is 1.93. The van der Waals surface area contributed by atoms with Gasteiger partial charge in [-0.3, -0.25) is 4.98 Å². The molecule has 6 aromatic carbocycles. The highest BCUT2D eigenvalue weighted by Gasteiger charge is 2.44. The number of pyridine rings is 1. The van der Waals surface area contributed by atoms with Gasteiger partial charge in [0.05, 0.1) is 11.3 Å². The molecule has 0 N–H and O–H groups in total. The van der Waals surface area contributed by atoms with Crippen LogP contribution >= 0.6 is 6.04 Å². The van der Waals surface area contributed by atoms with E-state index in [1.807, 2.05) is 31.3 Å². The van der Waals surface area contributed by atoms with E-state index >= 15 is 0 Å². The molecule has 0 spiro atoms. The molecule has 1 unspecified atom stereocenters. The molecule has 1 aromatic heterocycles. The van der Waals surface area contributed by atoms with E-state index in [0.29, 0.717) is 0 Å². The maximum absolute atomic E-state index is 6.98. The van der Waals surface area contributed by atoms with Crippen LogP contribution in [0.25, 0.3) is 44.5 Å². The van der Waals surface area contributed by atoms with Gasteiger partial charge in [-0.05, 0) is 88.8 Å². The molecule has 224 valence electrons. The highest BCUT2D eigenvalue weighted by Crippen LogP contribution is 2.60. The molecule has 3 heterocycles. The number of fused-ring (bicyclic) bond motifs is 4. The Morgan fingerprint density at radius 3 is 1.70 bits per heavy atom. The fraction of sp³-hybridized carbons (Fsp3) is 0.0238. The molecule has 0 bridgehead atoms. The molecule has 0 radical (unpaired) electrons. The third-order valence-corrected chi connectivity index (χ3v) is 13.9. The van der Waals surface area contributed by atoms with Crippen LogP contribution in [0.2, 0.25) is 0 Å². The van der Waals surface area contributed by atoms with E-state index in [1.54, 1.807) is 0 Å². The number of nitrogens with zero attached hydrogens (tertiary/aromatic N) is 1. The van der Waals surface area contributed by atoms with E-state index in [0.717, 1.165) is 89.1 Å². The summed E-state index contributed by atoms with van der Waals surface area (Å²) in [4.78, 5) is 4.53. The van der Waals surface area contributed by atoms with Gasteiger partial charge in [-0.25, -0.2) is 0 Å². The fourth-order valence-corrected chi connectivity index (χ4v) is 11.2. The Hall–Kier alpha value is -5.28. The van der Waals surface area contributed by atoms with Gasteiger partial charge in [0.2, 0.25) is 0 Å². The van der Waals surface area contributed by atoms with Crippen molar-refractivity contribution in [3.05, 3.63) is 157 Å². The van der Waals surface area contributed by atoms with Crippen LogP contribution in [0.5, 0.6) is 23.0 Å². The Bertz CT molecular complexity index is 2370. The predicted octanol–water partition coefficient (Wildman–Crippen LogP) is 10.0. The summed E-state index contributed by atoms with van der Waals surface area (Å²) >= 11 is 6.94. The quantitative estimate of drug-likeness (QED) is 0.179. The first-order chi connectivity index (χ1) is 23.1. The fourth-order valence-electron chi connectivity index (χ4n) is 6.70. The Labute approximate surface area is 279 Å². The largest absolute Gasteiger partial charge is 0.456 e. The van der Waals surface area contributed by atoms with Gasteiger partial charge < -0.3 is 9.47 Å². The molecule has 2 aliphatic heterocycles. The summed E-state index contributed by atoms with van der Waals surface area (Å²) in [6, 6.07) is 48.1. The van der Waals surface area contributed by atoms with Crippen molar-refractivity contribution in [2.45, 2.75) is 6.92 Å². The van der Waals surface area contributed by atoms with Gasteiger partial charge in [0.1, 0.15) is 23.0 Å². The second-order valence-corrected chi connectivity index (χ2v) is 16.2. The summed E-state index contributed by atoms with van der Waals surface area (Å²) in [5.41, 5.74) is 9.66. The first-order valence-electron chi connectivity index (χ1n) is 15.6. The molecule has 47 heavy (non-hydrogen) atoms. The first-order valence-corrected chi connectivity index (χ1v) is 18.4. The molecule has 2 aliphatic rings. The average Bonchev–Trinajstić information content (AvgIpc) is 3.12. The van der Waals surface area contributed by atoms with Gasteiger partial charge in [-0.2, -0.15) is 0 Å². The monoisotopic (exact) mass is 641 g/mol. The minimum atomic E-state index is -2.59. The zero-order valence-electron chi connectivity index (χ0n) is 25.6. The van der Waals surface area contributed by atoms with Crippen LogP contribution in [0.1, 0.15) is 5.69 Å². The number of aromatic nitrogens is 1. The molecule has 3 nitrogen and oxygen atoms in total. The van der Waals surface area contributed by atoms with E-state index in [4.69, 9.17) is 21.3 Å². The Kier molecular flexibility index (Phi) is 6.50. The van der Waals surface area contributed by atoms with Crippen molar-refractivity contribution in [3.8, 4) is 67.5 Å². The van der Waals surface area contributed by atoms with Gasteiger partial charge in [0, 0.05) is 33.6 Å². The zero-order chi connectivity index (χ0) is 31.5. The number of hydrogen-bond acceptors (Lipinski definition) is 4. The van der Waals surface area contributed by atoms with Crippen molar-refractivity contribution in [2.24, 2.45) is 0 Å². The predicted molar refractivity (Wildman–Crippen MR) is 197 cm³/mol. The SMILES string of the molecule is Cc1ccc(-c2cccc(-c3ccc4c5c3Oc3cc(-c6ccccc6)ccc3P5(=S)c3ccc(-c5ccccc5)cc3O4)c2)cn1. The van der Waals surface area contributed by atoms with Crippen LogP contribution < -0.4 is 25.4 Å². The zero-order valence-corrected chi connectivity index (χ0v) is 27.3. The van der Waals surface area contributed by atoms with E-state index in [-0.39, 0.29) is 0 Å². The number of hydrogen-bond donors (Lipinski definition) is 0. The van der Waals surface area contributed by atoms with E-state index in [9.17, 15) is 0 Å². The summed E-state index contributed by atoms with van der Waals surface area (Å²) in [5, 5.41) is 3.08. The Balaban J connectivity index is 1.26. The summed E-state index contributed by atoms with van der Waals surface area (Å²) < 4.78 is 13.7. The highest BCUT2D eigenvalue weighted by atomic mass is 32.4. The van der Waals surface area contributed by atoms with Crippen molar-refractivity contribution >= 4 is 33.8 Å². The van der Waals surface area contributed by atoms with Gasteiger partial charge in [0.15, 0.2) is 0 Å². The molecule has 1 atom stereocenters. The lowest BCUT2D eigenvalue weighted by molar-refractivity contribution is 0.468. The minimum absolute atomic E-state index is 0.765. The molecule has 0 saturated heterocycles. The van der Waals surface area contributed by atoms with Crippen LogP contribution in [0.3, 0.4) is 0 Å². The van der Waals surface area contributed by atoms with Crippen LogP contribution in [-0.4, -0.2) is 4.98 Å². The van der Waals surface area contributed by atoms with E-state index < -0.39 is 6.04 Å². The maximum Gasteiger partial charge on any atom is 0.148 e. The molecule has 0 saturated carbocycles. The van der Waals surface area contributed by atoms with Crippen molar-refractivity contribution in [1.82, 2.24) is 4.98 Å². The third kappa shape index (κ3) is 4.56. The standard InChI is InChI=1S/C42H28NO2PS/c1-27-15-16-34(26-43-27)30-13-8-14-33(23-30)35-19-20-36-42-41(35)45-38-25-32(29-11-6-3-7-12-29)18-22-40(38)46(42,47)39-21-17-31(24-37(39)44-36)28-9-4-2-5-10-28/h2-26H,1H3. The number of aryl methyl sites for hydroxylation is 1. The van der Waals surface area contributed by atoms with Crippen molar-refractivity contribution in [3.63, 3.8) is 0 Å². The maximum atomic E-state index is 6.98. The second-order valence-electron chi connectivity index (χ2n) is 12.0. The summed E-state index contributed by atoms with van der Waals surface area (Å²) in [7, 11) is 0. The van der Waals surface area contributed by atoms with Gasteiger partial charge in [-0.1, -0.05) is 109 Å². The van der Waals surface area contributed by atoms with Crippen LogP contribution in [-0.2, 0) is 11.8 Å². The molecule has 0 fully saturated rings. The van der Waals surface area contributed by atoms with E-state index in [1.165, 1.54) is 0 Å². The third-order valence-electron chi connectivity index (χ3n) is 9.07. The van der Waals surface area contributed by atoms with Crippen molar-refractivity contribution in [2.75, 3.05) is 0 Å². The van der Waals surface area contributed by atoms with E-state index in [2.05, 4.69) is 132 Å². The molecule has 5 heteroatoms. The molecular weight excluding hydrogens is 614 g/mol. The van der Waals surface area contributed by atoms with Crippen LogP contribution in [0, 0.1) is 6.92 Å². The van der Waals surface area contributed by atoms with Crippen molar-refractivity contribution in [1.29, 1.82) is 0 Å². The molecule has 7 aromatic rings. The average molecular weight is 642 g/mol. The van der Waals surface area contributed by atoms with Gasteiger partial charge in [-0.15, -0.1) is 0 Å². The van der Waals surface area contributed by atoms with Crippen LogP contribution in [0.15, 0.2) is 152 Å². The van der Waals surface area contributed by atoms with Crippen LogP contribution in [0.4, 0.5) is 0 Å². The Morgan fingerprint density at radius 2 is 1.06 bits per heavy atom. The van der Waals surface area contributed by atoms with Crippen molar-refractivity contribution < 1.29 is 9.47 Å². The minimum Gasteiger partial charge on any atom is -0.456 e. The lowest BCUT2D eigenvalue weighted by Crippen LogP contribution is -2.35. The molecule has 0 aliphatic carbocycles. The number of benzene rings is 6. The number of ether oxygens (including phenoxy) is 2. The summed E-state index contributed by atoms with van der Waals surface area (Å²) in [6.45, 7) is 2.00. The normalized spacial score (nSPS) is 15.4. The molecule has 0 amide bonds. The smallest absolute Gasteiger partial charge is 0.148 e. The lowest BCUT2D eigenvalue weighted by atomic mass is 9.98. The summed E-state index contributed by atoms with van der Waals surface area (Å²) in [5.74, 6) is 3.16. The van der Waals surface area contributed by atoms with Gasteiger partial charge >= 0.3 is 0 Å². The number of rotatable bonds is 4. The molecular formula is C42H28NO2PS.